The maximum absolute atomic E-state index is 12.0. The number of allylic oxidation sites excluding steroid dienone is 2. The van der Waals surface area contributed by atoms with Crippen molar-refractivity contribution in [2.75, 3.05) is 7.11 Å². The summed E-state index contributed by atoms with van der Waals surface area (Å²) in [6.45, 7) is 0. The first-order valence-electron chi connectivity index (χ1n) is 7.81. The van der Waals surface area contributed by atoms with E-state index in [4.69, 9.17) is 16.3 Å². The second-order valence-corrected chi connectivity index (χ2v) is 6.22. The van der Waals surface area contributed by atoms with Crippen LogP contribution in [-0.2, 0) is 9.53 Å². The fourth-order valence-corrected chi connectivity index (χ4v) is 3.03. The molecule has 0 aliphatic heterocycles. The van der Waals surface area contributed by atoms with Crippen molar-refractivity contribution >= 4 is 17.6 Å². The number of aliphatic hydroxyl groups excluding tert-OH is 1. The van der Waals surface area contributed by atoms with Crippen molar-refractivity contribution in [1.82, 2.24) is 0 Å². The van der Waals surface area contributed by atoms with Crippen LogP contribution in [0.25, 0.3) is 0 Å². The number of carbonyl (C=O) groups is 1. The van der Waals surface area contributed by atoms with E-state index in [9.17, 15) is 9.90 Å². The second-order valence-electron chi connectivity index (χ2n) is 5.78. The zero-order chi connectivity index (χ0) is 15.9. The summed E-state index contributed by atoms with van der Waals surface area (Å²) >= 11 is 5.87. The van der Waals surface area contributed by atoms with Crippen LogP contribution in [0.2, 0.25) is 5.02 Å². The molecular formula is C18H23ClO3. The van der Waals surface area contributed by atoms with Crippen LogP contribution in [0.15, 0.2) is 35.9 Å². The van der Waals surface area contributed by atoms with Crippen LogP contribution in [0.4, 0.5) is 0 Å². The third-order valence-electron chi connectivity index (χ3n) is 4.25. The number of hydrogen-bond donors (Lipinski definition) is 1. The van der Waals surface area contributed by atoms with Crippen LogP contribution in [0.1, 0.15) is 50.2 Å². The summed E-state index contributed by atoms with van der Waals surface area (Å²) in [6.07, 6.45) is 7.65. The first-order chi connectivity index (χ1) is 10.6. The van der Waals surface area contributed by atoms with Crippen molar-refractivity contribution in [2.45, 2.75) is 44.6 Å². The molecule has 0 bridgehead atoms. The second kappa shape index (κ2) is 8.35. The Bertz CT molecular complexity index is 514. The molecule has 2 atom stereocenters. The molecule has 1 aromatic carbocycles. The van der Waals surface area contributed by atoms with Gasteiger partial charge in [0.15, 0.2) is 0 Å². The third kappa shape index (κ3) is 4.59. The van der Waals surface area contributed by atoms with Gasteiger partial charge in [-0.3, -0.25) is 4.79 Å². The van der Waals surface area contributed by atoms with Gasteiger partial charge in [-0.15, -0.1) is 0 Å². The van der Waals surface area contributed by atoms with Crippen LogP contribution in [-0.4, -0.2) is 18.2 Å². The van der Waals surface area contributed by atoms with Gasteiger partial charge >= 0.3 is 5.97 Å². The van der Waals surface area contributed by atoms with E-state index >= 15 is 0 Å². The van der Waals surface area contributed by atoms with Crippen molar-refractivity contribution in [3.05, 3.63) is 46.5 Å². The Hall–Kier alpha value is -1.32. The van der Waals surface area contributed by atoms with Crippen molar-refractivity contribution < 1.29 is 14.6 Å². The molecule has 0 spiro atoms. The lowest BCUT2D eigenvalue weighted by molar-refractivity contribution is -0.149. The lowest BCUT2D eigenvalue weighted by atomic mass is 9.89. The molecule has 1 aliphatic carbocycles. The minimum atomic E-state index is -0.884. The zero-order valence-electron chi connectivity index (χ0n) is 12.9. The molecule has 0 amide bonds. The molecule has 1 aromatic rings. The van der Waals surface area contributed by atoms with E-state index in [0.717, 1.165) is 12.8 Å². The third-order valence-corrected chi connectivity index (χ3v) is 4.50. The normalized spacial score (nSPS) is 17.7. The fraction of sp³-hybridized carbons (Fsp3) is 0.500. The predicted molar refractivity (Wildman–Crippen MR) is 87.7 cm³/mol. The summed E-state index contributed by atoms with van der Waals surface area (Å²) in [5, 5.41) is 11.1. The highest BCUT2D eigenvalue weighted by Gasteiger charge is 2.28. The van der Waals surface area contributed by atoms with E-state index in [2.05, 4.69) is 6.08 Å². The highest BCUT2D eigenvalue weighted by atomic mass is 35.5. The Morgan fingerprint density at radius 1 is 1.27 bits per heavy atom. The highest BCUT2D eigenvalue weighted by Crippen LogP contribution is 2.30. The van der Waals surface area contributed by atoms with E-state index in [0.29, 0.717) is 17.0 Å². The Kier molecular flexibility index (Phi) is 6.47. The minimum Gasteiger partial charge on any atom is -0.469 e. The molecule has 4 heteroatoms. The molecule has 1 saturated carbocycles. The van der Waals surface area contributed by atoms with Crippen LogP contribution in [0.5, 0.6) is 0 Å². The molecule has 1 aliphatic rings. The number of halogens is 1. The van der Waals surface area contributed by atoms with E-state index in [1.165, 1.54) is 31.9 Å². The topological polar surface area (TPSA) is 46.5 Å². The summed E-state index contributed by atoms with van der Waals surface area (Å²) in [6, 6.07) is 6.93. The minimum absolute atomic E-state index is 0.380. The number of benzene rings is 1. The summed E-state index contributed by atoms with van der Waals surface area (Å²) in [4.78, 5) is 12.0. The number of esters is 1. The van der Waals surface area contributed by atoms with E-state index in [-0.39, 0.29) is 5.97 Å². The van der Waals surface area contributed by atoms with E-state index < -0.39 is 12.0 Å². The van der Waals surface area contributed by atoms with E-state index in [1.54, 1.807) is 24.3 Å². The van der Waals surface area contributed by atoms with Gasteiger partial charge in [0.05, 0.1) is 19.1 Å². The Labute approximate surface area is 136 Å². The first-order valence-corrected chi connectivity index (χ1v) is 8.19. The maximum Gasteiger partial charge on any atom is 0.311 e. The van der Waals surface area contributed by atoms with Crippen LogP contribution in [0.3, 0.4) is 0 Å². The average molecular weight is 323 g/mol. The fourth-order valence-electron chi connectivity index (χ4n) is 2.90. The van der Waals surface area contributed by atoms with Gasteiger partial charge in [0, 0.05) is 5.02 Å². The summed E-state index contributed by atoms with van der Waals surface area (Å²) in [7, 11) is 1.36. The maximum atomic E-state index is 12.0. The van der Waals surface area contributed by atoms with Gasteiger partial charge in [-0.2, -0.15) is 0 Å². The first kappa shape index (κ1) is 17.0. The Balaban J connectivity index is 2.11. The Morgan fingerprint density at radius 3 is 2.50 bits per heavy atom. The van der Waals surface area contributed by atoms with Crippen molar-refractivity contribution in [2.24, 2.45) is 5.92 Å². The summed E-state index contributed by atoms with van der Waals surface area (Å²) in [5.41, 5.74) is 2.07. The number of hydrogen-bond acceptors (Lipinski definition) is 3. The highest BCUT2D eigenvalue weighted by molar-refractivity contribution is 6.30. The SMILES string of the molecule is COC(=O)[C@@H](CC=C1CCCCC1)[C@H](O)c1ccc(Cl)cc1. The molecule has 2 rings (SSSR count). The van der Waals surface area contributed by atoms with Crippen molar-refractivity contribution in [3.8, 4) is 0 Å². The van der Waals surface area contributed by atoms with Gasteiger partial charge < -0.3 is 9.84 Å². The van der Waals surface area contributed by atoms with Crippen molar-refractivity contribution in [1.29, 1.82) is 0 Å². The van der Waals surface area contributed by atoms with Crippen molar-refractivity contribution in [3.63, 3.8) is 0 Å². The molecule has 0 aromatic heterocycles. The lowest BCUT2D eigenvalue weighted by Gasteiger charge is -2.21. The standard InChI is InChI=1S/C18H23ClO3/c1-22-18(21)16(12-7-13-5-3-2-4-6-13)17(20)14-8-10-15(19)11-9-14/h7-11,16-17,20H,2-6,12H2,1H3/t16-,17+/m0/s1. The lowest BCUT2D eigenvalue weighted by Crippen LogP contribution is -2.23. The smallest absolute Gasteiger partial charge is 0.311 e. The number of rotatable bonds is 5. The molecule has 1 fully saturated rings. The zero-order valence-corrected chi connectivity index (χ0v) is 13.7. The molecule has 0 heterocycles. The average Bonchev–Trinajstić information content (AvgIpc) is 2.56. The molecule has 3 nitrogen and oxygen atoms in total. The molecule has 120 valence electrons. The summed E-state index contributed by atoms with van der Waals surface area (Å²) < 4.78 is 4.86. The van der Waals surface area contributed by atoms with Gasteiger partial charge in [-0.1, -0.05) is 41.8 Å². The summed E-state index contributed by atoms with van der Waals surface area (Å²) in [5.74, 6) is -0.962. The van der Waals surface area contributed by atoms with Gasteiger partial charge in [-0.25, -0.2) is 0 Å². The molecule has 0 radical (unpaired) electrons. The monoisotopic (exact) mass is 322 g/mol. The quantitative estimate of drug-likeness (QED) is 0.643. The Morgan fingerprint density at radius 2 is 1.91 bits per heavy atom. The number of aliphatic hydroxyl groups is 1. The number of carbonyl (C=O) groups excluding carboxylic acids is 1. The van der Waals surface area contributed by atoms with Gasteiger partial charge in [-0.05, 0) is 49.8 Å². The van der Waals surface area contributed by atoms with Crippen LogP contribution in [0, 0.1) is 5.92 Å². The van der Waals surface area contributed by atoms with Gasteiger partial charge in [0.1, 0.15) is 0 Å². The largest absolute Gasteiger partial charge is 0.469 e. The molecular weight excluding hydrogens is 300 g/mol. The molecule has 1 N–H and O–H groups in total. The van der Waals surface area contributed by atoms with Crippen LogP contribution < -0.4 is 0 Å². The molecule has 0 unspecified atom stereocenters. The predicted octanol–water partition coefficient (Wildman–Crippen LogP) is 4.44. The van der Waals surface area contributed by atoms with E-state index in [1.807, 2.05) is 0 Å². The van der Waals surface area contributed by atoms with Crippen LogP contribution >= 0.6 is 11.6 Å². The number of ether oxygens (including phenoxy) is 1. The van der Waals surface area contributed by atoms with Gasteiger partial charge in [0.25, 0.3) is 0 Å². The molecule has 0 saturated heterocycles. The number of methoxy groups -OCH3 is 1. The van der Waals surface area contributed by atoms with Gasteiger partial charge in [0.2, 0.25) is 0 Å². The molecule has 22 heavy (non-hydrogen) atoms.